The summed E-state index contributed by atoms with van der Waals surface area (Å²) in [6.45, 7) is 2.09. The van der Waals surface area contributed by atoms with E-state index in [4.69, 9.17) is 0 Å². The Hall–Kier alpha value is -2.55. The fourth-order valence-corrected chi connectivity index (χ4v) is 2.37. The largest absolute Gasteiger partial charge is 0.507 e. The first kappa shape index (κ1) is 12.5. The van der Waals surface area contributed by atoms with Crippen LogP contribution in [-0.2, 0) is 0 Å². The third-order valence-electron chi connectivity index (χ3n) is 3.44. The van der Waals surface area contributed by atoms with Gasteiger partial charge in [0.1, 0.15) is 5.75 Å². The van der Waals surface area contributed by atoms with E-state index >= 15 is 0 Å². The van der Waals surface area contributed by atoms with Gasteiger partial charge >= 0.3 is 0 Å². The van der Waals surface area contributed by atoms with Gasteiger partial charge in [0.05, 0.1) is 11.7 Å². The van der Waals surface area contributed by atoms with Gasteiger partial charge in [-0.25, -0.2) is 0 Å². The number of nitrogens with one attached hydrogen (secondary N) is 1. The lowest BCUT2D eigenvalue weighted by molar-refractivity contribution is 0.473. The molecule has 0 aliphatic heterocycles. The van der Waals surface area contributed by atoms with Crippen LogP contribution in [0.25, 0.3) is 22.6 Å². The molecule has 1 aromatic heterocycles. The van der Waals surface area contributed by atoms with Gasteiger partial charge in [-0.15, -0.1) is 0 Å². The van der Waals surface area contributed by atoms with E-state index in [0.717, 1.165) is 34.0 Å². The number of aromatic nitrogens is 2. The molecule has 0 saturated heterocycles. The summed E-state index contributed by atoms with van der Waals surface area (Å²) < 4.78 is 0. The van der Waals surface area contributed by atoms with Gasteiger partial charge in [0.15, 0.2) is 0 Å². The van der Waals surface area contributed by atoms with E-state index in [1.165, 1.54) is 0 Å². The van der Waals surface area contributed by atoms with Crippen LogP contribution in [0.15, 0.2) is 48.7 Å². The normalized spacial score (nSPS) is 11.9. The number of hydrogen-bond acceptors (Lipinski definition) is 2. The number of H-pyrrole nitrogens is 1. The molecule has 0 spiro atoms. The molecule has 0 fully saturated rings. The predicted molar refractivity (Wildman–Crippen MR) is 82.4 cm³/mol. The van der Waals surface area contributed by atoms with Gasteiger partial charge in [0, 0.05) is 10.9 Å². The number of aromatic amines is 1. The van der Waals surface area contributed by atoms with Crippen LogP contribution >= 0.6 is 0 Å². The zero-order valence-electron chi connectivity index (χ0n) is 11.3. The van der Waals surface area contributed by atoms with Gasteiger partial charge in [-0.05, 0) is 35.8 Å². The molecule has 2 aromatic carbocycles. The van der Waals surface area contributed by atoms with E-state index in [1.807, 2.05) is 30.5 Å². The van der Waals surface area contributed by atoms with E-state index in [-0.39, 0.29) is 0 Å². The summed E-state index contributed by atoms with van der Waals surface area (Å²) in [5.74, 6) is 0.324. The Morgan fingerprint density at radius 1 is 1.25 bits per heavy atom. The summed E-state index contributed by atoms with van der Waals surface area (Å²) in [5.41, 5.74) is 4.15. The summed E-state index contributed by atoms with van der Waals surface area (Å²) in [5, 5.41) is 18.0. The van der Waals surface area contributed by atoms with Gasteiger partial charge in [-0.1, -0.05) is 37.3 Å². The molecule has 3 rings (SSSR count). The number of aromatic hydroxyl groups is 1. The van der Waals surface area contributed by atoms with E-state index in [2.05, 4.69) is 35.3 Å². The van der Waals surface area contributed by atoms with Crippen molar-refractivity contribution in [1.82, 2.24) is 10.2 Å². The Morgan fingerprint density at radius 3 is 2.90 bits per heavy atom. The quantitative estimate of drug-likeness (QED) is 0.696. The molecule has 2 N–H and O–H groups in total. The summed E-state index contributed by atoms with van der Waals surface area (Å²) in [4.78, 5) is 0. The number of rotatable bonds is 3. The van der Waals surface area contributed by atoms with E-state index in [1.54, 1.807) is 6.07 Å². The highest BCUT2D eigenvalue weighted by atomic mass is 16.3. The molecular weight excluding hydrogens is 248 g/mol. The number of benzene rings is 2. The molecule has 0 aliphatic rings. The number of hydrogen-bond donors (Lipinski definition) is 2. The second-order valence-electron chi connectivity index (χ2n) is 4.76. The Balaban J connectivity index is 2.05. The highest BCUT2D eigenvalue weighted by molar-refractivity contribution is 5.87. The van der Waals surface area contributed by atoms with Crippen molar-refractivity contribution < 1.29 is 5.11 Å². The summed E-state index contributed by atoms with van der Waals surface area (Å²) in [6.07, 6.45) is 4.79. The second-order valence-corrected chi connectivity index (χ2v) is 4.76. The monoisotopic (exact) mass is 264 g/mol. The summed E-state index contributed by atoms with van der Waals surface area (Å²) in [7, 11) is 0. The van der Waals surface area contributed by atoms with Crippen molar-refractivity contribution in [1.29, 1.82) is 0 Å². The molecule has 0 atom stereocenters. The minimum Gasteiger partial charge on any atom is -0.507 e. The standard InChI is InChI=1S/C17H16N2O/c1-2-13(15-5-3-4-6-17(15)20)9-12-7-8-16-14(10-12)11-18-19-16/h3-11,20H,2H2,1H3,(H,18,19)/b13-9+. The van der Waals surface area contributed by atoms with Gasteiger partial charge in [0.2, 0.25) is 0 Å². The highest BCUT2D eigenvalue weighted by Gasteiger charge is 2.05. The second kappa shape index (κ2) is 5.21. The van der Waals surface area contributed by atoms with Crippen molar-refractivity contribution in [2.45, 2.75) is 13.3 Å². The molecule has 0 radical (unpaired) electrons. The lowest BCUT2D eigenvalue weighted by atomic mass is 9.99. The van der Waals surface area contributed by atoms with E-state index in [0.29, 0.717) is 5.75 Å². The number of phenolic OH excluding ortho intramolecular Hbond substituents is 1. The fraction of sp³-hybridized carbons (Fsp3) is 0.118. The van der Waals surface area contributed by atoms with E-state index < -0.39 is 0 Å². The molecule has 1 heterocycles. The summed E-state index contributed by atoms with van der Waals surface area (Å²) >= 11 is 0. The van der Waals surface area contributed by atoms with Crippen molar-refractivity contribution in [3.63, 3.8) is 0 Å². The SMILES string of the molecule is CC/C(=C\c1ccc2[nH]ncc2c1)c1ccccc1O. The van der Waals surface area contributed by atoms with Crippen LogP contribution in [0.5, 0.6) is 5.75 Å². The van der Waals surface area contributed by atoms with Crippen LogP contribution in [0.4, 0.5) is 0 Å². The average molecular weight is 264 g/mol. The van der Waals surface area contributed by atoms with Crippen LogP contribution < -0.4 is 0 Å². The van der Waals surface area contributed by atoms with Gasteiger partial charge in [-0.3, -0.25) is 5.10 Å². The molecule has 100 valence electrons. The third kappa shape index (κ3) is 2.30. The van der Waals surface area contributed by atoms with Gasteiger partial charge in [-0.2, -0.15) is 5.10 Å². The number of para-hydroxylation sites is 1. The lowest BCUT2D eigenvalue weighted by Gasteiger charge is -2.07. The number of nitrogens with zero attached hydrogens (tertiary/aromatic N) is 1. The maximum atomic E-state index is 9.97. The molecule has 3 nitrogen and oxygen atoms in total. The predicted octanol–water partition coefficient (Wildman–Crippen LogP) is 4.22. The molecule has 3 heteroatoms. The Bertz CT molecular complexity index is 771. The molecule has 3 aromatic rings. The maximum absolute atomic E-state index is 9.97. The molecule has 0 amide bonds. The molecule has 0 aliphatic carbocycles. The number of allylic oxidation sites excluding steroid dienone is 1. The van der Waals surface area contributed by atoms with Crippen LogP contribution in [0, 0.1) is 0 Å². The maximum Gasteiger partial charge on any atom is 0.123 e. The van der Waals surface area contributed by atoms with Crippen molar-refractivity contribution in [2.24, 2.45) is 0 Å². The van der Waals surface area contributed by atoms with Crippen molar-refractivity contribution in [3.8, 4) is 5.75 Å². The zero-order chi connectivity index (χ0) is 13.9. The average Bonchev–Trinajstić information content (AvgIpc) is 2.93. The van der Waals surface area contributed by atoms with Crippen molar-refractivity contribution in [2.75, 3.05) is 0 Å². The molecule has 0 unspecified atom stereocenters. The lowest BCUT2D eigenvalue weighted by Crippen LogP contribution is -1.84. The Morgan fingerprint density at radius 2 is 2.10 bits per heavy atom. The van der Waals surface area contributed by atoms with Crippen LogP contribution in [-0.4, -0.2) is 15.3 Å². The van der Waals surface area contributed by atoms with Gasteiger partial charge < -0.3 is 5.11 Å². The third-order valence-corrected chi connectivity index (χ3v) is 3.44. The molecule has 0 saturated carbocycles. The number of phenols is 1. The smallest absolute Gasteiger partial charge is 0.123 e. The minimum atomic E-state index is 0.324. The van der Waals surface area contributed by atoms with Crippen LogP contribution in [0.3, 0.4) is 0 Å². The van der Waals surface area contributed by atoms with Crippen molar-refractivity contribution >= 4 is 22.6 Å². The minimum absolute atomic E-state index is 0.324. The van der Waals surface area contributed by atoms with Crippen LogP contribution in [0.2, 0.25) is 0 Å². The van der Waals surface area contributed by atoms with Gasteiger partial charge in [0.25, 0.3) is 0 Å². The zero-order valence-corrected chi connectivity index (χ0v) is 11.3. The van der Waals surface area contributed by atoms with Crippen LogP contribution in [0.1, 0.15) is 24.5 Å². The Kier molecular flexibility index (Phi) is 3.25. The Labute approximate surface area is 117 Å². The molecule has 0 bridgehead atoms. The first-order chi connectivity index (χ1) is 9.78. The van der Waals surface area contributed by atoms with E-state index in [9.17, 15) is 5.11 Å². The fourth-order valence-electron chi connectivity index (χ4n) is 2.37. The first-order valence-corrected chi connectivity index (χ1v) is 6.70. The van der Waals surface area contributed by atoms with Crippen molar-refractivity contribution in [3.05, 3.63) is 59.8 Å². The summed E-state index contributed by atoms with van der Waals surface area (Å²) in [6, 6.07) is 13.6. The molecular formula is C17H16N2O. The highest BCUT2D eigenvalue weighted by Crippen LogP contribution is 2.29. The number of fused-ring (bicyclic) bond motifs is 1. The molecule has 20 heavy (non-hydrogen) atoms. The first-order valence-electron chi connectivity index (χ1n) is 6.70. The topological polar surface area (TPSA) is 48.9 Å².